The lowest BCUT2D eigenvalue weighted by molar-refractivity contribution is -0.125. The monoisotopic (exact) mass is 290 g/mol. The lowest BCUT2D eigenvalue weighted by atomic mass is 10.1. The number of sulfonamides is 1. The predicted octanol–water partition coefficient (Wildman–Crippen LogP) is 1.43. The molecule has 0 aromatic heterocycles. The Bertz CT molecular complexity index is 709. The highest BCUT2D eigenvalue weighted by molar-refractivity contribution is 7.89. The minimum absolute atomic E-state index is 0.00854. The molecule has 0 saturated carbocycles. The van der Waals surface area contributed by atoms with Gasteiger partial charge in [0.15, 0.2) is 0 Å². The van der Waals surface area contributed by atoms with E-state index in [1.165, 1.54) is 12.1 Å². The van der Waals surface area contributed by atoms with Crippen molar-refractivity contribution in [1.82, 2.24) is 4.31 Å². The molecule has 0 saturated heterocycles. The van der Waals surface area contributed by atoms with E-state index in [1.54, 1.807) is 19.9 Å². The van der Waals surface area contributed by atoms with Gasteiger partial charge in [0, 0.05) is 6.42 Å². The Morgan fingerprint density at radius 3 is 2.60 bits per heavy atom. The average molecular weight is 290 g/mol. The number of amides is 1. The van der Waals surface area contributed by atoms with Gasteiger partial charge in [-0.3, -0.25) is 4.79 Å². The van der Waals surface area contributed by atoms with Crippen molar-refractivity contribution >= 4 is 15.9 Å². The molecule has 1 amide bonds. The fourth-order valence-electron chi connectivity index (χ4n) is 1.68. The molecule has 1 aromatic rings. The molecule has 5 nitrogen and oxygen atoms in total. The molecule has 0 bridgehead atoms. The third kappa shape index (κ3) is 2.81. The number of hydrogen-bond acceptors (Lipinski definition) is 4. The number of nitriles is 1. The number of carbonyl (C=O) groups is 1. The molecule has 0 spiro atoms. The topological polar surface area (TPSA) is 78.2 Å². The molecule has 0 heterocycles. The van der Waals surface area contributed by atoms with E-state index in [1.807, 2.05) is 6.07 Å². The highest BCUT2D eigenvalue weighted by Gasteiger charge is 2.30. The van der Waals surface area contributed by atoms with Crippen molar-refractivity contribution in [2.45, 2.75) is 25.2 Å². The van der Waals surface area contributed by atoms with Gasteiger partial charge in [-0.1, -0.05) is 25.0 Å². The van der Waals surface area contributed by atoms with Crippen molar-refractivity contribution in [3.63, 3.8) is 0 Å². The number of carbonyl (C=O) groups excluding carboxylic acids is 1. The summed E-state index contributed by atoms with van der Waals surface area (Å²) in [5, 5.41) is 9.11. The molecule has 0 aliphatic heterocycles. The molecule has 0 unspecified atom stereocenters. The Morgan fingerprint density at radius 2 is 2.10 bits per heavy atom. The Labute approximate surface area is 118 Å². The van der Waals surface area contributed by atoms with Crippen molar-refractivity contribution < 1.29 is 13.2 Å². The molecule has 1 aromatic carbocycles. The van der Waals surface area contributed by atoms with Crippen molar-refractivity contribution in [2.75, 3.05) is 6.54 Å². The van der Waals surface area contributed by atoms with Crippen LogP contribution in [0.3, 0.4) is 0 Å². The Hall–Kier alpha value is -2.31. The van der Waals surface area contributed by atoms with E-state index in [4.69, 9.17) is 11.7 Å². The van der Waals surface area contributed by atoms with Gasteiger partial charge in [0.2, 0.25) is 5.91 Å². The number of aryl methyl sites for hydroxylation is 1. The van der Waals surface area contributed by atoms with Gasteiger partial charge in [0.1, 0.15) is 11.0 Å². The third-order valence-electron chi connectivity index (χ3n) is 2.73. The number of rotatable bonds is 4. The van der Waals surface area contributed by atoms with Crippen LogP contribution in [0.25, 0.3) is 0 Å². The molecule has 0 atom stereocenters. The first kappa shape index (κ1) is 15.7. The molecule has 0 fully saturated rings. The minimum Gasteiger partial charge on any atom is -0.274 e. The molecule has 20 heavy (non-hydrogen) atoms. The Kier molecular flexibility index (Phi) is 4.90. The second kappa shape index (κ2) is 6.23. The maximum atomic E-state index is 12.5. The highest BCUT2D eigenvalue weighted by atomic mass is 32.2. The third-order valence-corrected chi connectivity index (χ3v) is 4.54. The molecule has 6 heteroatoms. The minimum atomic E-state index is -4.12. The van der Waals surface area contributed by atoms with Crippen LogP contribution in [0.15, 0.2) is 23.1 Å². The smallest absolute Gasteiger partial charge is 0.268 e. The van der Waals surface area contributed by atoms with E-state index in [0.29, 0.717) is 9.87 Å². The molecule has 0 N–H and O–H groups in total. The average Bonchev–Trinajstić information content (AvgIpc) is 2.43. The predicted molar refractivity (Wildman–Crippen MR) is 73.9 cm³/mol. The molecular weight excluding hydrogens is 276 g/mol. The molecule has 104 valence electrons. The van der Waals surface area contributed by atoms with Crippen LogP contribution in [0.4, 0.5) is 0 Å². The summed E-state index contributed by atoms with van der Waals surface area (Å²) in [6.45, 7) is 2.82. The second-order valence-corrected chi connectivity index (χ2v) is 5.85. The second-order valence-electron chi connectivity index (χ2n) is 4.02. The fourth-order valence-corrected chi connectivity index (χ4v) is 3.28. The molecular formula is C14H14N2O3S. The van der Waals surface area contributed by atoms with Gasteiger partial charge in [-0.05, 0) is 18.6 Å². The fraction of sp³-hybridized carbons (Fsp3) is 0.286. The van der Waals surface area contributed by atoms with E-state index in [9.17, 15) is 13.2 Å². The highest BCUT2D eigenvalue weighted by Crippen LogP contribution is 2.22. The summed E-state index contributed by atoms with van der Waals surface area (Å²) in [7, 11) is -4.12. The number of benzene rings is 1. The van der Waals surface area contributed by atoms with Crippen LogP contribution in [0.5, 0.6) is 0 Å². The van der Waals surface area contributed by atoms with Crippen LogP contribution in [0.1, 0.15) is 24.5 Å². The largest absolute Gasteiger partial charge is 0.274 e. The van der Waals surface area contributed by atoms with Crippen molar-refractivity contribution in [3.8, 4) is 18.4 Å². The van der Waals surface area contributed by atoms with Crippen LogP contribution in [-0.2, 0) is 14.8 Å². The van der Waals surface area contributed by atoms with Crippen LogP contribution < -0.4 is 0 Å². The maximum Gasteiger partial charge on any atom is 0.268 e. The quantitative estimate of drug-likeness (QED) is 0.786. The summed E-state index contributed by atoms with van der Waals surface area (Å²) < 4.78 is 25.7. The van der Waals surface area contributed by atoms with Crippen LogP contribution in [0.2, 0.25) is 0 Å². The van der Waals surface area contributed by atoms with E-state index in [0.717, 1.165) is 0 Å². The summed E-state index contributed by atoms with van der Waals surface area (Å²) in [5.41, 5.74) is 0.552. The zero-order valence-corrected chi connectivity index (χ0v) is 12.1. The van der Waals surface area contributed by atoms with Gasteiger partial charge >= 0.3 is 0 Å². The number of nitrogens with zero attached hydrogens (tertiary/aromatic N) is 2. The van der Waals surface area contributed by atoms with Gasteiger partial charge in [-0.25, -0.2) is 12.7 Å². The molecule has 0 radical (unpaired) electrons. The maximum absolute atomic E-state index is 12.5. The van der Waals surface area contributed by atoms with E-state index in [2.05, 4.69) is 5.92 Å². The van der Waals surface area contributed by atoms with Gasteiger partial charge < -0.3 is 0 Å². The van der Waals surface area contributed by atoms with Crippen molar-refractivity contribution in [3.05, 3.63) is 29.3 Å². The summed E-state index contributed by atoms with van der Waals surface area (Å²) >= 11 is 0. The van der Waals surface area contributed by atoms with E-state index in [-0.39, 0.29) is 23.4 Å². The lowest BCUT2D eigenvalue weighted by Crippen LogP contribution is -2.37. The normalized spacial score (nSPS) is 10.4. The van der Waals surface area contributed by atoms with Crippen LogP contribution in [0, 0.1) is 30.6 Å². The van der Waals surface area contributed by atoms with E-state index < -0.39 is 15.9 Å². The summed E-state index contributed by atoms with van der Waals surface area (Å²) in [4.78, 5) is 11.6. The van der Waals surface area contributed by atoms with Crippen LogP contribution >= 0.6 is 0 Å². The lowest BCUT2D eigenvalue weighted by Gasteiger charge is -2.20. The zero-order chi connectivity index (χ0) is 15.3. The van der Waals surface area contributed by atoms with Gasteiger partial charge in [-0.15, -0.1) is 6.42 Å². The molecule has 0 aliphatic rings. The van der Waals surface area contributed by atoms with Crippen molar-refractivity contribution in [1.29, 1.82) is 5.26 Å². The molecule has 1 rings (SSSR count). The summed E-state index contributed by atoms with van der Waals surface area (Å²) in [5.74, 6) is 1.55. The van der Waals surface area contributed by atoms with Crippen molar-refractivity contribution in [2.24, 2.45) is 0 Å². The molecule has 0 aliphatic carbocycles. The Balaban J connectivity index is 3.51. The Morgan fingerprint density at radius 1 is 1.45 bits per heavy atom. The number of hydrogen-bond donors (Lipinski definition) is 0. The van der Waals surface area contributed by atoms with E-state index >= 15 is 0 Å². The van der Waals surface area contributed by atoms with Crippen LogP contribution in [-0.4, -0.2) is 25.2 Å². The number of terminal acetylenes is 1. The summed E-state index contributed by atoms with van der Waals surface area (Å²) in [6.07, 6.45) is 5.13. The summed E-state index contributed by atoms with van der Waals surface area (Å²) in [6, 6.07) is 6.31. The standard InChI is InChI=1S/C14H14N2O3S/c1-4-9-16(14(17)5-2)20(18,19)13-8-6-7-11(3)12(13)10-15/h1,6-8H,5,9H2,2-3H3. The first-order chi connectivity index (χ1) is 9.39. The zero-order valence-electron chi connectivity index (χ0n) is 11.3. The van der Waals surface area contributed by atoms with Gasteiger partial charge in [0.25, 0.3) is 10.0 Å². The van der Waals surface area contributed by atoms with Gasteiger partial charge in [-0.2, -0.15) is 5.26 Å². The van der Waals surface area contributed by atoms with Gasteiger partial charge in [0.05, 0.1) is 12.1 Å². The SMILES string of the molecule is C#CCN(C(=O)CC)S(=O)(=O)c1cccc(C)c1C#N. The first-order valence-electron chi connectivity index (χ1n) is 5.88. The first-order valence-corrected chi connectivity index (χ1v) is 7.32.